The maximum atomic E-state index is 12.3. The fourth-order valence-electron chi connectivity index (χ4n) is 1.82. The lowest BCUT2D eigenvalue weighted by Crippen LogP contribution is -2.41. The topological polar surface area (TPSA) is 75.3 Å². The molecule has 5 nitrogen and oxygen atoms in total. The molecule has 2 N–H and O–H groups in total. The van der Waals surface area contributed by atoms with Crippen LogP contribution in [0.2, 0.25) is 15.1 Å². The summed E-state index contributed by atoms with van der Waals surface area (Å²) in [6, 6.07) is 9.30. The number of hydrogen-bond acceptors (Lipinski definition) is 3. The highest BCUT2D eigenvalue weighted by atomic mass is 35.5. The van der Waals surface area contributed by atoms with Crippen molar-refractivity contribution in [3.05, 3.63) is 57.5 Å². The second-order valence-corrected chi connectivity index (χ2v) is 7.85. The summed E-state index contributed by atoms with van der Waals surface area (Å²) in [5.74, 6) is -0.595. The van der Waals surface area contributed by atoms with Gasteiger partial charge in [0.25, 0.3) is 0 Å². The van der Waals surface area contributed by atoms with Gasteiger partial charge >= 0.3 is 0 Å². The number of sulfonamides is 1. The van der Waals surface area contributed by atoms with Crippen LogP contribution in [0, 0.1) is 0 Å². The third-order valence-electron chi connectivity index (χ3n) is 3.06. The molecule has 0 aromatic heterocycles. The van der Waals surface area contributed by atoms with Crippen LogP contribution in [0.4, 0.5) is 5.69 Å². The Bertz CT molecular complexity index is 835. The van der Waals surface area contributed by atoms with E-state index in [-0.39, 0.29) is 20.6 Å². The first-order chi connectivity index (χ1) is 11.2. The molecule has 0 fully saturated rings. The van der Waals surface area contributed by atoms with Crippen molar-refractivity contribution in [3.8, 4) is 0 Å². The third-order valence-corrected chi connectivity index (χ3v) is 5.50. The number of halogens is 3. The van der Waals surface area contributed by atoms with Crippen LogP contribution in [0.25, 0.3) is 0 Å². The van der Waals surface area contributed by atoms with Crippen molar-refractivity contribution in [2.24, 2.45) is 0 Å². The summed E-state index contributed by atoms with van der Waals surface area (Å²) in [5, 5.41) is 3.43. The van der Waals surface area contributed by atoms with Crippen molar-refractivity contribution < 1.29 is 13.2 Å². The molecule has 0 aliphatic heterocycles. The molecule has 0 heterocycles. The van der Waals surface area contributed by atoms with Gasteiger partial charge in [-0.05, 0) is 43.3 Å². The summed E-state index contributed by atoms with van der Waals surface area (Å²) in [7, 11) is -3.87. The first kappa shape index (κ1) is 19.0. The van der Waals surface area contributed by atoms with Crippen LogP contribution in [0.3, 0.4) is 0 Å². The minimum atomic E-state index is -3.87. The number of benzene rings is 2. The number of hydrogen-bond donors (Lipinski definition) is 2. The number of rotatable bonds is 5. The fourth-order valence-corrected chi connectivity index (χ4v) is 3.64. The fraction of sp³-hybridized carbons (Fsp3) is 0.133. The van der Waals surface area contributed by atoms with Gasteiger partial charge in [-0.25, -0.2) is 8.42 Å². The molecule has 0 saturated carbocycles. The molecule has 2 aromatic carbocycles. The van der Waals surface area contributed by atoms with Crippen LogP contribution in [-0.4, -0.2) is 20.4 Å². The first-order valence-corrected chi connectivity index (χ1v) is 9.35. The zero-order valence-corrected chi connectivity index (χ0v) is 15.5. The van der Waals surface area contributed by atoms with Gasteiger partial charge in [-0.1, -0.05) is 40.9 Å². The van der Waals surface area contributed by atoms with E-state index in [1.54, 1.807) is 18.2 Å². The zero-order chi connectivity index (χ0) is 17.9. The summed E-state index contributed by atoms with van der Waals surface area (Å²) in [6.45, 7) is 1.41. The van der Waals surface area contributed by atoms with E-state index in [1.165, 1.54) is 31.2 Å². The molecule has 9 heteroatoms. The number of carbonyl (C=O) groups is 1. The van der Waals surface area contributed by atoms with Gasteiger partial charge in [0.15, 0.2) is 0 Å². The molecule has 0 unspecified atom stereocenters. The van der Waals surface area contributed by atoms with Crippen LogP contribution >= 0.6 is 34.8 Å². The van der Waals surface area contributed by atoms with E-state index in [4.69, 9.17) is 34.8 Å². The number of para-hydroxylation sites is 1. The Morgan fingerprint density at radius 3 is 2.08 bits per heavy atom. The summed E-state index contributed by atoms with van der Waals surface area (Å²) in [4.78, 5) is 12.2. The van der Waals surface area contributed by atoms with Crippen molar-refractivity contribution in [1.29, 1.82) is 0 Å². The predicted octanol–water partition coefficient (Wildman–Crippen LogP) is 3.95. The molecular weight excluding hydrogens is 395 g/mol. The average Bonchev–Trinajstić information content (AvgIpc) is 2.51. The Morgan fingerprint density at radius 2 is 1.54 bits per heavy atom. The van der Waals surface area contributed by atoms with Crippen LogP contribution < -0.4 is 10.0 Å². The number of nitrogens with one attached hydrogen (secondary N) is 2. The predicted molar refractivity (Wildman–Crippen MR) is 96.3 cm³/mol. The molecule has 0 saturated heterocycles. The number of anilines is 1. The van der Waals surface area contributed by atoms with Crippen molar-refractivity contribution in [1.82, 2.24) is 4.72 Å². The summed E-state index contributed by atoms with van der Waals surface area (Å²) >= 11 is 17.7. The van der Waals surface area contributed by atoms with Crippen molar-refractivity contribution in [2.75, 3.05) is 5.32 Å². The minimum Gasteiger partial charge on any atom is -0.322 e. The Labute approximate surface area is 155 Å². The van der Waals surface area contributed by atoms with E-state index in [9.17, 15) is 13.2 Å². The van der Waals surface area contributed by atoms with E-state index in [2.05, 4.69) is 10.0 Å². The van der Waals surface area contributed by atoms with Crippen molar-refractivity contribution in [2.45, 2.75) is 17.9 Å². The van der Waals surface area contributed by atoms with E-state index in [0.717, 1.165) is 0 Å². The first-order valence-electron chi connectivity index (χ1n) is 6.73. The number of amides is 1. The molecule has 0 bridgehead atoms. The maximum Gasteiger partial charge on any atom is 0.242 e. The summed E-state index contributed by atoms with van der Waals surface area (Å²) in [5.41, 5.74) is 0.225. The van der Waals surface area contributed by atoms with Crippen LogP contribution in [-0.2, 0) is 14.8 Å². The van der Waals surface area contributed by atoms with E-state index >= 15 is 0 Å². The molecule has 0 radical (unpaired) electrons. The number of carbonyl (C=O) groups excluding carboxylic acids is 1. The molecule has 1 atom stereocenters. The molecule has 0 aliphatic rings. The van der Waals surface area contributed by atoms with Crippen LogP contribution in [0.15, 0.2) is 47.4 Å². The van der Waals surface area contributed by atoms with Gasteiger partial charge in [0.2, 0.25) is 15.9 Å². The van der Waals surface area contributed by atoms with Gasteiger partial charge in [-0.15, -0.1) is 0 Å². The van der Waals surface area contributed by atoms with Crippen LogP contribution in [0.1, 0.15) is 6.92 Å². The molecule has 128 valence electrons. The Morgan fingerprint density at radius 1 is 1.00 bits per heavy atom. The normalized spacial score (nSPS) is 12.7. The second kappa shape index (κ2) is 7.72. The van der Waals surface area contributed by atoms with E-state index in [1.807, 2.05) is 0 Å². The van der Waals surface area contributed by atoms with Gasteiger partial charge in [0.1, 0.15) is 0 Å². The largest absolute Gasteiger partial charge is 0.322 e. The Balaban J connectivity index is 2.12. The van der Waals surface area contributed by atoms with Crippen molar-refractivity contribution >= 4 is 56.4 Å². The molecular formula is C15H13Cl3N2O3S. The molecule has 2 rings (SSSR count). The molecule has 24 heavy (non-hydrogen) atoms. The van der Waals surface area contributed by atoms with Crippen LogP contribution in [0.5, 0.6) is 0 Å². The monoisotopic (exact) mass is 406 g/mol. The van der Waals surface area contributed by atoms with E-state index < -0.39 is 22.0 Å². The summed E-state index contributed by atoms with van der Waals surface area (Å²) in [6.07, 6.45) is 0. The highest BCUT2D eigenvalue weighted by Crippen LogP contribution is 2.29. The SMILES string of the molecule is C[C@@H](NS(=O)(=O)c1ccc(Cl)cc1)C(=O)Nc1c(Cl)cccc1Cl. The molecule has 0 aliphatic carbocycles. The molecule has 0 spiro atoms. The minimum absolute atomic E-state index is 0.00215. The lowest BCUT2D eigenvalue weighted by molar-refractivity contribution is -0.117. The van der Waals surface area contributed by atoms with Gasteiger partial charge in [0, 0.05) is 5.02 Å². The van der Waals surface area contributed by atoms with Gasteiger partial charge < -0.3 is 5.32 Å². The lowest BCUT2D eigenvalue weighted by atomic mass is 10.3. The van der Waals surface area contributed by atoms with Gasteiger partial charge in [0.05, 0.1) is 26.7 Å². The van der Waals surface area contributed by atoms with Gasteiger partial charge in [-0.3, -0.25) is 4.79 Å². The second-order valence-electron chi connectivity index (χ2n) is 4.88. The average molecular weight is 408 g/mol. The third kappa shape index (κ3) is 4.62. The zero-order valence-electron chi connectivity index (χ0n) is 12.4. The molecule has 2 aromatic rings. The molecule has 1 amide bonds. The van der Waals surface area contributed by atoms with E-state index in [0.29, 0.717) is 5.02 Å². The smallest absolute Gasteiger partial charge is 0.242 e. The van der Waals surface area contributed by atoms with Crippen molar-refractivity contribution in [3.63, 3.8) is 0 Å². The highest BCUT2D eigenvalue weighted by Gasteiger charge is 2.23. The quantitative estimate of drug-likeness (QED) is 0.788. The van der Waals surface area contributed by atoms with Gasteiger partial charge in [-0.2, -0.15) is 4.72 Å². The maximum absolute atomic E-state index is 12.3. The lowest BCUT2D eigenvalue weighted by Gasteiger charge is -2.16. The Hall–Kier alpha value is -1.31. The highest BCUT2D eigenvalue weighted by molar-refractivity contribution is 7.89. The Kier molecular flexibility index (Phi) is 6.11. The standard InChI is InChI=1S/C15H13Cl3N2O3S/c1-9(15(21)19-14-12(17)3-2-4-13(14)18)20-24(22,23)11-7-5-10(16)6-8-11/h2-9,20H,1H3,(H,19,21)/t9-/m1/s1. The summed E-state index contributed by atoms with van der Waals surface area (Å²) < 4.78 is 26.8.